The number of amides is 3. The molecule has 2 aromatic rings. The minimum Gasteiger partial charge on any atom is -0.493 e. The van der Waals surface area contributed by atoms with E-state index < -0.39 is 24.0 Å². The van der Waals surface area contributed by atoms with Crippen LogP contribution >= 0.6 is 11.6 Å². The molecule has 0 saturated carbocycles. The first-order chi connectivity index (χ1) is 17.7. The van der Waals surface area contributed by atoms with E-state index in [1.165, 1.54) is 0 Å². The van der Waals surface area contributed by atoms with E-state index in [4.69, 9.17) is 21.1 Å². The SMILES string of the molecule is CC1=NC(=O)N(CCCN(C)C(=O)CCOc2ccccc2)C(c2cccc(Cl)c2)C1C(=O)OC(C)C. The molecule has 1 aliphatic rings. The van der Waals surface area contributed by atoms with Gasteiger partial charge in [-0.25, -0.2) is 9.79 Å². The lowest BCUT2D eigenvalue weighted by molar-refractivity contribution is -0.151. The van der Waals surface area contributed by atoms with E-state index in [1.54, 1.807) is 55.8 Å². The van der Waals surface area contributed by atoms with Crippen LogP contribution in [0.25, 0.3) is 0 Å². The maximum Gasteiger partial charge on any atom is 0.344 e. The predicted octanol–water partition coefficient (Wildman–Crippen LogP) is 5.16. The molecule has 9 heteroatoms. The molecule has 0 fully saturated rings. The number of halogens is 1. The molecule has 0 N–H and O–H groups in total. The van der Waals surface area contributed by atoms with Crippen LogP contribution in [0.4, 0.5) is 4.79 Å². The summed E-state index contributed by atoms with van der Waals surface area (Å²) in [6, 6.07) is 15.4. The third-order valence-electron chi connectivity index (χ3n) is 6.06. The van der Waals surface area contributed by atoms with Crippen molar-refractivity contribution in [2.75, 3.05) is 26.7 Å². The largest absolute Gasteiger partial charge is 0.493 e. The van der Waals surface area contributed by atoms with Gasteiger partial charge in [0.25, 0.3) is 0 Å². The highest BCUT2D eigenvalue weighted by Crippen LogP contribution is 2.36. The van der Waals surface area contributed by atoms with Gasteiger partial charge in [-0.05, 0) is 57.0 Å². The Bertz CT molecular complexity index is 1120. The lowest BCUT2D eigenvalue weighted by atomic mass is 9.86. The molecule has 3 rings (SSSR count). The van der Waals surface area contributed by atoms with E-state index >= 15 is 0 Å². The molecule has 198 valence electrons. The number of aliphatic imine (C=N–C) groups is 1. The summed E-state index contributed by atoms with van der Waals surface area (Å²) in [5, 5.41) is 0.504. The number of hydrogen-bond acceptors (Lipinski definition) is 5. The van der Waals surface area contributed by atoms with Gasteiger partial charge in [0.2, 0.25) is 5.91 Å². The Morgan fingerprint density at radius 1 is 1.14 bits per heavy atom. The number of benzene rings is 2. The van der Waals surface area contributed by atoms with Crippen molar-refractivity contribution in [2.45, 2.75) is 45.8 Å². The summed E-state index contributed by atoms with van der Waals surface area (Å²) in [5.74, 6) is -0.535. The number of rotatable bonds is 11. The zero-order valence-electron chi connectivity index (χ0n) is 21.7. The lowest BCUT2D eigenvalue weighted by Gasteiger charge is -2.39. The van der Waals surface area contributed by atoms with Gasteiger partial charge in [0.15, 0.2) is 0 Å². The molecule has 3 amide bonds. The molecule has 2 unspecified atom stereocenters. The van der Waals surface area contributed by atoms with Crippen molar-refractivity contribution >= 4 is 35.2 Å². The molecule has 8 nitrogen and oxygen atoms in total. The van der Waals surface area contributed by atoms with Crippen LogP contribution in [0.2, 0.25) is 5.02 Å². The normalized spacial score (nSPS) is 17.4. The third-order valence-corrected chi connectivity index (χ3v) is 6.30. The molecular weight excluding hydrogens is 494 g/mol. The lowest BCUT2D eigenvalue weighted by Crippen LogP contribution is -2.48. The number of nitrogens with zero attached hydrogens (tertiary/aromatic N) is 3. The van der Waals surface area contributed by atoms with E-state index in [0.29, 0.717) is 30.2 Å². The van der Waals surface area contributed by atoms with Gasteiger partial charge in [-0.2, -0.15) is 0 Å². The average Bonchev–Trinajstić information content (AvgIpc) is 2.84. The van der Waals surface area contributed by atoms with Gasteiger partial charge in [-0.15, -0.1) is 0 Å². The van der Waals surface area contributed by atoms with Crippen molar-refractivity contribution in [3.05, 3.63) is 65.2 Å². The van der Waals surface area contributed by atoms with Gasteiger partial charge in [0, 0.05) is 30.9 Å². The van der Waals surface area contributed by atoms with Crippen LogP contribution in [0.1, 0.15) is 45.2 Å². The number of carbonyl (C=O) groups is 3. The second-order valence-corrected chi connectivity index (χ2v) is 9.71. The van der Waals surface area contributed by atoms with Gasteiger partial charge < -0.3 is 19.3 Å². The zero-order valence-corrected chi connectivity index (χ0v) is 22.5. The first-order valence-electron chi connectivity index (χ1n) is 12.4. The molecule has 0 radical (unpaired) electrons. The van der Waals surface area contributed by atoms with Crippen molar-refractivity contribution in [3.8, 4) is 5.75 Å². The number of esters is 1. The van der Waals surface area contributed by atoms with E-state index in [2.05, 4.69) is 4.99 Å². The van der Waals surface area contributed by atoms with Crippen molar-refractivity contribution < 1.29 is 23.9 Å². The van der Waals surface area contributed by atoms with Crippen molar-refractivity contribution in [2.24, 2.45) is 10.9 Å². The molecule has 2 atom stereocenters. The van der Waals surface area contributed by atoms with Crippen LogP contribution in [0.15, 0.2) is 59.6 Å². The first kappa shape index (κ1) is 28.2. The van der Waals surface area contributed by atoms with Crippen molar-refractivity contribution in [3.63, 3.8) is 0 Å². The van der Waals surface area contributed by atoms with Crippen LogP contribution < -0.4 is 4.74 Å². The summed E-state index contributed by atoms with van der Waals surface area (Å²) in [7, 11) is 1.72. The maximum absolute atomic E-state index is 13.1. The van der Waals surface area contributed by atoms with E-state index in [9.17, 15) is 14.4 Å². The number of carbonyl (C=O) groups excluding carboxylic acids is 3. The minimum atomic E-state index is -0.756. The Balaban J connectivity index is 1.67. The summed E-state index contributed by atoms with van der Waals surface area (Å²) < 4.78 is 11.1. The predicted molar refractivity (Wildman–Crippen MR) is 143 cm³/mol. The van der Waals surface area contributed by atoms with Gasteiger partial charge in [-0.1, -0.05) is 41.9 Å². The maximum atomic E-state index is 13.1. The molecular formula is C28H34ClN3O5. The average molecular weight is 528 g/mol. The number of ether oxygens (including phenoxy) is 2. The summed E-state index contributed by atoms with van der Waals surface area (Å²) in [5.41, 5.74) is 1.13. The molecule has 0 bridgehead atoms. The Morgan fingerprint density at radius 2 is 1.86 bits per heavy atom. The molecule has 1 aliphatic heterocycles. The summed E-state index contributed by atoms with van der Waals surface area (Å²) in [6.45, 7) is 6.24. The topological polar surface area (TPSA) is 88.5 Å². The fraction of sp³-hybridized carbons (Fsp3) is 0.429. The highest BCUT2D eigenvalue weighted by atomic mass is 35.5. The van der Waals surface area contributed by atoms with Crippen molar-refractivity contribution in [1.29, 1.82) is 0 Å². The zero-order chi connectivity index (χ0) is 26.9. The number of urea groups is 1. The minimum absolute atomic E-state index is 0.0560. The van der Waals surface area contributed by atoms with Gasteiger partial charge >= 0.3 is 12.0 Å². The highest BCUT2D eigenvalue weighted by molar-refractivity contribution is 6.30. The van der Waals surface area contributed by atoms with Gasteiger partial charge in [0.05, 0.1) is 25.2 Å². The number of para-hydroxylation sites is 1. The first-order valence-corrected chi connectivity index (χ1v) is 12.8. The fourth-order valence-corrected chi connectivity index (χ4v) is 4.48. The molecule has 0 aliphatic carbocycles. The summed E-state index contributed by atoms with van der Waals surface area (Å²) in [6.07, 6.45) is 0.439. The second-order valence-electron chi connectivity index (χ2n) is 9.27. The van der Waals surface area contributed by atoms with Crippen LogP contribution in [0, 0.1) is 5.92 Å². The molecule has 37 heavy (non-hydrogen) atoms. The molecule has 0 spiro atoms. The molecule has 1 heterocycles. The van der Waals surface area contributed by atoms with E-state index in [-0.39, 0.29) is 25.0 Å². The van der Waals surface area contributed by atoms with Crippen LogP contribution in [0.5, 0.6) is 5.75 Å². The smallest absolute Gasteiger partial charge is 0.344 e. The third kappa shape index (κ3) is 7.79. The van der Waals surface area contributed by atoms with Gasteiger partial charge in [-0.3, -0.25) is 9.59 Å². The summed E-state index contributed by atoms with van der Waals surface area (Å²) >= 11 is 6.25. The Hall–Kier alpha value is -3.39. The quantitative estimate of drug-likeness (QED) is 0.376. The summed E-state index contributed by atoms with van der Waals surface area (Å²) in [4.78, 5) is 46.0. The molecule has 0 aromatic heterocycles. The van der Waals surface area contributed by atoms with Crippen molar-refractivity contribution in [1.82, 2.24) is 9.80 Å². The Labute approximate surface area is 223 Å². The van der Waals surface area contributed by atoms with Crippen LogP contribution in [-0.4, -0.2) is 66.3 Å². The van der Waals surface area contributed by atoms with Crippen LogP contribution in [0.3, 0.4) is 0 Å². The van der Waals surface area contributed by atoms with E-state index in [1.807, 2.05) is 36.4 Å². The molecule has 2 aromatic carbocycles. The van der Waals surface area contributed by atoms with Gasteiger partial charge in [0.1, 0.15) is 11.7 Å². The monoisotopic (exact) mass is 527 g/mol. The standard InChI is InChI=1S/C28H34ClN3O5/c1-19(2)37-27(34)25-20(3)30-28(35)32(26(25)21-10-8-11-22(29)18-21)16-9-15-31(4)24(33)14-17-36-23-12-6-5-7-13-23/h5-8,10-13,18-19,25-26H,9,14-17H2,1-4H3. The Kier molecular flexibility index (Phi) is 10.1. The fourth-order valence-electron chi connectivity index (χ4n) is 4.28. The number of hydrogen-bond donors (Lipinski definition) is 0. The second kappa shape index (κ2) is 13.2. The highest BCUT2D eigenvalue weighted by Gasteiger charge is 2.43. The van der Waals surface area contributed by atoms with E-state index in [0.717, 1.165) is 11.3 Å². The molecule has 0 saturated heterocycles. The van der Waals surface area contributed by atoms with Crippen LogP contribution in [-0.2, 0) is 14.3 Å². The Morgan fingerprint density at radius 3 is 2.54 bits per heavy atom.